The van der Waals surface area contributed by atoms with Crippen molar-refractivity contribution < 1.29 is 19.8 Å². The van der Waals surface area contributed by atoms with Crippen molar-refractivity contribution >= 4 is 22.8 Å². The van der Waals surface area contributed by atoms with Gasteiger partial charge < -0.3 is 20.5 Å². The Labute approximate surface area is 121 Å². The van der Waals surface area contributed by atoms with E-state index in [2.05, 4.69) is 10.3 Å². The van der Waals surface area contributed by atoms with Crippen molar-refractivity contribution in [1.29, 1.82) is 0 Å². The first-order valence-electron chi connectivity index (χ1n) is 6.72. The highest BCUT2D eigenvalue weighted by Crippen LogP contribution is 2.22. The second-order valence-electron chi connectivity index (χ2n) is 4.92. The summed E-state index contributed by atoms with van der Waals surface area (Å²) in [6.45, 7) is 1.59. The van der Waals surface area contributed by atoms with Gasteiger partial charge in [-0.1, -0.05) is 18.2 Å². The van der Waals surface area contributed by atoms with Crippen LogP contribution < -0.4 is 5.32 Å². The van der Waals surface area contributed by atoms with Gasteiger partial charge in [0.25, 0.3) is 0 Å². The molecule has 2 rings (SSSR count). The summed E-state index contributed by atoms with van der Waals surface area (Å²) in [6, 6.07) is 6.58. The van der Waals surface area contributed by atoms with Crippen LogP contribution >= 0.6 is 0 Å². The minimum absolute atomic E-state index is 0.00601. The van der Waals surface area contributed by atoms with Crippen LogP contribution in [0.3, 0.4) is 0 Å². The van der Waals surface area contributed by atoms with E-state index in [4.69, 9.17) is 10.2 Å². The third-order valence-electron chi connectivity index (χ3n) is 3.42. The highest BCUT2D eigenvalue weighted by Gasteiger charge is 2.20. The van der Waals surface area contributed by atoms with E-state index in [1.54, 1.807) is 0 Å². The van der Waals surface area contributed by atoms with E-state index in [1.165, 1.54) is 0 Å². The van der Waals surface area contributed by atoms with E-state index in [0.29, 0.717) is 0 Å². The molecule has 0 aliphatic heterocycles. The van der Waals surface area contributed by atoms with Gasteiger partial charge in [-0.2, -0.15) is 0 Å². The molecule has 0 unspecified atom stereocenters. The Hall–Kier alpha value is -2.34. The van der Waals surface area contributed by atoms with Crippen molar-refractivity contribution in [2.45, 2.75) is 25.8 Å². The number of fused-ring (bicyclic) bond motifs is 1. The molecule has 1 aromatic heterocycles. The van der Waals surface area contributed by atoms with Gasteiger partial charge in [-0.3, -0.25) is 4.79 Å². The van der Waals surface area contributed by atoms with Gasteiger partial charge in [-0.05, 0) is 18.6 Å². The number of hydrogen-bond acceptors (Lipinski definition) is 3. The van der Waals surface area contributed by atoms with E-state index in [0.717, 1.165) is 22.2 Å². The summed E-state index contributed by atoms with van der Waals surface area (Å²) < 4.78 is 0. The number of aromatic amines is 1. The first kappa shape index (κ1) is 15.1. The summed E-state index contributed by atoms with van der Waals surface area (Å²) in [4.78, 5) is 26.2. The van der Waals surface area contributed by atoms with Gasteiger partial charge >= 0.3 is 5.97 Å². The predicted octanol–water partition coefficient (Wildman–Crippen LogP) is 0.971. The fraction of sp³-hybridized carbons (Fsp3) is 0.333. The zero-order valence-electron chi connectivity index (χ0n) is 11.7. The van der Waals surface area contributed by atoms with Gasteiger partial charge in [0, 0.05) is 29.6 Å². The van der Waals surface area contributed by atoms with Crippen molar-refractivity contribution in [2.75, 3.05) is 6.61 Å². The van der Waals surface area contributed by atoms with E-state index < -0.39 is 12.0 Å². The molecule has 1 amide bonds. The lowest BCUT2D eigenvalue weighted by Crippen LogP contribution is -2.42. The lowest BCUT2D eigenvalue weighted by molar-refractivity contribution is -0.142. The molecular weight excluding hydrogens is 272 g/mol. The monoisotopic (exact) mass is 290 g/mol. The SMILES string of the molecule is Cc1[nH]c2ccccc2c1CC(=O)N[C@H](CCO)C(=O)O. The lowest BCUT2D eigenvalue weighted by atomic mass is 10.1. The summed E-state index contributed by atoms with van der Waals surface area (Å²) in [6.07, 6.45) is 0.0962. The molecule has 0 spiro atoms. The number of H-pyrrole nitrogens is 1. The molecule has 1 heterocycles. The zero-order chi connectivity index (χ0) is 15.4. The standard InChI is InChI=1S/C15H18N2O4/c1-9-11(10-4-2-3-5-12(10)16-9)8-14(19)17-13(6-7-18)15(20)21/h2-5,13,16,18H,6-8H2,1H3,(H,17,19)(H,20,21)/t13-/m1/s1. The molecule has 2 aromatic rings. The van der Waals surface area contributed by atoms with Crippen LogP contribution in [0.1, 0.15) is 17.7 Å². The number of carbonyl (C=O) groups is 2. The van der Waals surface area contributed by atoms with Crippen molar-refractivity contribution in [1.82, 2.24) is 10.3 Å². The van der Waals surface area contributed by atoms with Crippen LogP contribution in [-0.2, 0) is 16.0 Å². The second-order valence-corrected chi connectivity index (χ2v) is 4.92. The van der Waals surface area contributed by atoms with Crippen LogP contribution in [0.2, 0.25) is 0 Å². The number of benzene rings is 1. The molecule has 0 aliphatic rings. The van der Waals surface area contributed by atoms with Gasteiger partial charge in [0.05, 0.1) is 6.42 Å². The molecule has 112 valence electrons. The molecule has 6 nitrogen and oxygen atoms in total. The van der Waals surface area contributed by atoms with Gasteiger partial charge in [0.1, 0.15) is 6.04 Å². The molecule has 0 bridgehead atoms. The summed E-state index contributed by atoms with van der Waals surface area (Å²) in [5, 5.41) is 21.2. The normalized spacial score (nSPS) is 12.3. The second kappa shape index (κ2) is 6.41. The molecule has 0 saturated carbocycles. The minimum Gasteiger partial charge on any atom is -0.480 e. The van der Waals surface area contributed by atoms with Crippen LogP contribution in [-0.4, -0.2) is 39.7 Å². The highest BCUT2D eigenvalue weighted by molar-refractivity contribution is 5.91. The van der Waals surface area contributed by atoms with E-state index in [9.17, 15) is 9.59 Å². The Bertz CT molecular complexity index is 663. The average Bonchev–Trinajstić information content (AvgIpc) is 2.75. The largest absolute Gasteiger partial charge is 0.480 e. The van der Waals surface area contributed by atoms with Crippen LogP contribution in [0.15, 0.2) is 24.3 Å². The molecule has 0 radical (unpaired) electrons. The number of nitrogens with one attached hydrogen (secondary N) is 2. The molecule has 4 N–H and O–H groups in total. The molecule has 0 fully saturated rings. The fourth-order valence-corrected chi connectivity index (χ4v) is 2.35. The van der Waals surface area contributed by atoms with Crippen molar-refractivity contribution in [3.05, 3.63) is 35.5 Å². The molecule has 0 aliphatic carbocycles. The maximum Gasteiger partial charge on any atom is 0.326 e. The van der Waals surface area contributed by atoms with Crippen LogP contribution in [0.4, 0.5) is 0 Å². The van der Waals surface area contributed by atoms with Crippen molar-refractivity contribution in [3.63, 3.8) is 0 Å². The number of aryl methyl sites for hydroxylation is 1. The van der Waals surface area contributed by atoms with Crippen LogP contribution in [0.25, 0.3) is 10.9 Å². The number of amides is 1. The number of aromatic nitrogens is 1. The van der Waals surface area contributed by atoms with Gasteiger partial charge in [0.15, 0.2) is 0 Å². The molecular formula is C15H18N2O4. The number of hydrogen-bond donors (Lipinski definition) is 4. The van der Waals surface area contributed by atoms with Crippen LogP contribution in [0.5, 0.6) is 0 Å². The molecule has 21 heavy (non-hydrogen) atoms. The smallest absolute Gasteiger partial charge is 0.326 e. The number of carbonyl (C=O) groups excluding carboxylic acids is 1. The molecule has 0 saturated heterocycles. The maximum absolute atomic E-state index is 12.0. The summed E-state index contributed by atoms with van der Waals surface area (Å²) >= 11 is 0. The third-order valence-corrected chi connectivity index (χ3v) is 3.42. The van der Waals surface area contributed by atoms with E-state index >= 15 is 0 Å². The Morgan fingerprint density at radius 1 is 1.33 bits per heavy atom. The zero-order valence-corrected chi connectivity index (χ0v) is 11.7. The first-order chi connectivity index (χ1) is 10.0. The number of aliphatic carboxylic acids is 1. The van der Waals surface area contributed by atoms with Crippen molar-refractivity contribution in [3.8, 4) is 0 Å². The first-order valence-corrected chi connectivity index (χ1v) is 6.72. The number of aliphatic hydroxyl groups excluding tert-OH is 1. The topological polar surface area (TPSA) is 102 Å². The number of para-hydroxylation sites is 1. The molecule has 1 atom stereocenters. The fourth-order valence-electron chi connectivity index (χ4n) is 2.35. The van der Waals surface area contributed by atoms with Gasteiger partial charge in [0.2, 0.25) is 5.91 Å². The van der Waals surface area contributed by atoms with Gasteiger partial charge in [-0.15, -0.1) is 0 Å². The summed E-state index contributed by atoms with van der Waals surface area (Å²) in [5.41, 5.74) is 2.69. The Morgan fingerprint density at radius 3 is 2.71 bits per heavy atom. The minimum atomic E-state index is -1.15. The van der Waals surface area contributed by atoms with E-state index in [1.807, 2.05) is 31.2 Å². The molecule has 1 aromatic carbocycles. The Kier molecular flexibility index (Phi) is 4.59. The third kappa shape index (κ3) is 3.41. The Balaban J connectivity index is 2.14. The maximum atomic E-state index is 12.0. The number of carboxylic acids is 1. The lowest BCUT2D eigenvalue weighted by Gasteiger charge is -2.13. The molecule has 6 heteroatoms. The van der Waals surface area contributed by atoms with Gasteiger partial charge in [-0.25, -0.2) is 4.79 Å². The number of carboxylic acid groups (broad SMARTS) is 1. The number of aliphatic hydroxyl groups is 1. The van der Waals surface area contributed by atoms with Crippen LogP contribution in [0, 0.1) is 6.92 Å². The summed E-state index contributed by atoms with van der Waals surface area (Å²) in [7, 11) is 0. The average molecular weight is 290 g/mol. The number of rotatable bonds is 6. The van der Waals surface area contributed by atoms with Crippen molar-refractivity contribution in [2.24, 2.45) is 0 Å². The predicted molar refractivity (Wildman–Crippen MR) is 78.0 cm³/mol. The quantitative estimate of drug-likeness (QED) is 0.636. The van der Waals surface area contributed by atoms with E-state index in [-0.39, 0.29) is 25.4 Å². The summed E-state index contributed by atoms with van der Waals surface area (Å²) in [5.74, 6) is -1.52. The Morgan fingerprint density at radius 2 is 2.05 bits per heavy atom. The highest BCUT2D eigenvalue weighted by atomic mass is 16.4.